The second kappa shape index (κ2) is 15.3. The summed E-state index contributed by atoms with van der Waals surface area (Å²) in [7, 11) is 0. The Kier molecular flexibility index (Phi) is 9.35. The Morgan fingerprint density at radius 3 is 1.95 bits per heavy atom. The van der Waals surface area contributed by atoms with Crippen molar-refractivity contribution in [1.29, 1.82) is 0 Å². The third-order valence-corrected chi connectivity index (χ3v) is 14.3. The highest BCUT2D eigenvalue weighted by Crippen LogP contribution is 2.55. The van der Waals surface area contributed by atoms with Gasteiger partial charge in [-0.2, -0.15) is 0 Å². The minimum Gasteiger partial charge on any atom is -0.310 e. The van der Waals surface area contributed by atoms with Crippen molar-refractivity contribution < 1.29 is 0 Å². The van der Waals surface area contributed by atoms with E-state index in [2.05, 4.69) is 210 Å². The van der Waals surface area contributed by atoms with Crippen LogP contribution in [-0.4, -0.2) is 4.57 Å². The maximum absolute atomic E-state index is 6.29. The monoisotopic (exact) mass is 786 g/mol. The molecule has 2 heteroatoms. The van der Waals surface area contributed by atoms with Crippen molar-refractivity contribution in [3.8, 4) is 40.3 Å². The average Bonchev–Trinajstić information content (AvgIpc) is 3.46. The lowest BCUT2D eigenvalue weighted by Crippen LogP contribution is -2.31. The number of hydrogen-bond donors (Lipinski definition) is 0. The largest absolute Gasteiger partial charge is 0.310 e. The first-order chi connectivity index (χ1) is 30.1. The molecule has 11 rings (SSSR count). The zero-order valence-corrected chi connectivity index (χ0v) is 34.8. The predicted octanol–water partition coefficient (Wildman–Crippen LogP) is 15.8. The summed E-state index contributed by atoms with van der Waals surface area (Å²) >= 11 is 0. The maximum atomic E-state index is 6.29. The summed E-state index contributed by atoms with van der Waals surface area (Å²) in [4.78, 5) is 2.51. The molecule has 9 aromatic rings. The van der Waals surface area contributed by atoms with E-state index in [-0.39, 0.29) is 5.41 Å². The van der Waals surface area contributed by atoms with Gasteiger partial charge in [-0.15, -0.1) is 12.3 Å². The second-order valence-electron chi connectivity index (χ2n) is 17.8. The SMILES string of the molecule is C#C[C@H]1CC2CCCC(c3ccccc3N(c3ccc(-c4ccc(-c5ccccc5-n5c6ccccc6c6ccccc65)cc4)cc3)c3ccc4ccccc4c3)(C1)C[C@H]2C. The normalized spacial score (nSPS) is 20.0. The summed E-state index contributed by atoms with van der Waals surface area (Å²) in [6.07, 6.45) is 13.4. The van der Waals surface area contributed by atoms with Crippen molar-refractivity contribution in [2.24, 2.45) is 17.8 Å². The zero-order valence-electron chi connectivity index (χ0n) is 34.8. The molecule has 1 aromatic heterocycles. The highest BCUT2D eigenvalue weighted by Gasteiger charge is 2.45. The molecule has 2 bridgehead atoms. The Morgan fingerprint density at radius 1 is 0.590 bits per heavy atom. The fraction of sp³-hybridized carbons (Fsp3) is 0.186. The molecule has 0 saturated heterocycles. The average molecular weight is 787 g/mol. The molecule has 0 amide bonds. The van der Waals surface area contributed by atoms with Gasteiger partial charge in [0.05, 0.1) is 16.7 Å². The van der Waals surface area contributed by atoms with Crippen molar-refractivity contribution in [2.75, 3.05) is 4.90 Å². The quantitative estimate of drug-likeness (QED) is 0.146. The first kappa shape index (κ1) is 37.2. The van der Waals surface area contributed by atoms with Crippen LogP contribution in [-0.2, 0) is 5.41 Å². The van der Waals surface area contributed by atoms with Gasteiger partial charge >= 0.3 is 0 Å². The van der Waals surface area contributed by atoms with Crippen LogP contribution in [0.1, 0.15) is 51.0 Å². The third-order valence-electron chi connectivity index (χ3n) is 14.3. The first-order valence-corrected chi connectivity index (χ1v) is 22.2. The number of para-hydroxylation sites is 4. The molecule has 1 heterocycles. The molecule has 8 aromatic carbocycles. The van der Waals surface area contributed by atoms with Crippen LogP contribution in [0.4, 0.5) is 17.1 Å². The van der Waals surface area contributed by atoms with Crippen molar-refractivity contribution in [3.05, 3.63) is 194 Å². The van der Waals surface area contributed by atoms with E-state index in [0.717, 1.165) is 18.5 Å². The summed E-state index contributed by atoms with van der Waals surface area (Å²) in [5, 5.41) is 5.03. The second-order valence-corrected chi connectivity index (χ2v) is 17.8. The Balaban J connectivity index is 0.977. The molecule has 2 nitrogen and oxygen atoms in total. The molecular formula is C59H50N2. The van der Waals surface area contributed by atoms with Gasteiger partial charge in [-0.1, -0.05) is 159 Å². The molecule has 2 fully saturated rings. The lowest BCUT2D eigenvalue weighted by atomic mass is 9.67. The maximum Gasteiger partial charge on any atom is 0.0541 e. The molecule has 61 heavy (non-hydrogen) atoms. The molecule has 296 valence electrons. The molecule has 2 saturated carbocycles. The number of benzene rings is 8. The smallest absolute Gasteiger partial charge is 0.0541 e. The van der Waals surface area contributed by atoms with Crippen molar-refractivity contribution >= 4 is 49.6 Å². The van der Waals surface area contributed by atoms with Gasteiger partial charge in [0.1, 0.15) is 0 Å². The van der Waals surface area contributed by atoms with E-state index >= 15 is 0 Å². The van der Waals surface area contributed by atoms with Crippen molar-refractivity contribution in [1.82, 2.24) is 4.57 Å². The Labute approximate surface area is 360 Å². The fourth-order valence-electron chi connectivity index (χ4n) is 11.4. The molecule has 0 aliphatic heterocycles. The van der Waals surface area contributed by atoms with Gasteiger partial charge in [-0.05, 0) is 124 Å². The van der Waals surface area contributed by atoms with Crippen LogP contribution in [0, 0.1) is 30.1 Å². The molecule has 2 aliphatic carbocycles. The topological polar surface area (TPSA) is 8.17 Å². The van der Waals surface area contributed by atoms with Crippen LogP contribution in [0.15, 0.2) is 188 Å². The van der Waals surface area contributed by atoms with E-state index < -0.39 is 0 Å². The molecule has 4 atom stereocenters. The number of hydrogen-bond acceptors (Lipinski definition) is 1. The predicted molar refractivity (Wildman–Crippen MR) is 258 cm³/mol. The van der Waals surface area contributed by atoms with E-state index in [4.69, 9.17) is 6.42 Å². The van der Waals surface area contributed by atoms with Crippen LogP contribution in [0.5, 0.6) is 0 Å². The lowest BCUT2D eigenvalue weighted by Gasteiger charge is -2.39. The number of rotatable bonds is 7. The van der Waals surface area contributed by atoms with Gasteiger partial charge in [0.2, 0.25) is 0 Å². The molecule has 0 N–H and O–H groups in total. The Hall–Kier alpha value is -6.82. The van der Waals surface area contributed by atoms with E-state index in [0.29, 0.717) is 17.8 Å². The summed E-state index contributed by atoms with van der Waals surface area (Å²) in [5.74, 6) is 4.93. The van der Waals surface area contributed by atoms with Gasteiger partial charge in [0.25, 0.3) is 0 Å². The number of anilines is 3. The van der Waals surface area contributed by atoms with Crippen LogP contribution in [0.3, 0.4) is 0 Å². The Morgan fingerprint density at radius 2 is 1.20 bits per heavy atom. The van der Waals surface area contributed by atoms with Gasteiger partial charge in [0, 0.05) is 39.3 Å². The van der Waals surface area contributed by atoms with Crippen molar-refractivity contribution in [2.45, 2.75) is 50.9 Å². The van der Waals surface area contributed by atoms with Gasteiger partial charge < -0.3 is 9.47 Å². The van der Waals surface area contributed by atoms with E-state index in [9.17, 15) is 0 Å². The minimum absolute atomic E-state index is 0.0370. The third kappa shape index (κ3) is 6.52. The molecule has 2 aliphatic rings. The summed E-state index contributed by atoms with van der Waals surface area (Å²) in [6.45, 7) is 2.49. The molecular weight excluding hydrogens is 737 g/mol. The fourth-order valence-corrected chi connectivity index (χ4v) is 11.4. The summed E-state index contributed by atoms with van der Waals surface area (Å²) in [6, 6.07) is 69.4. The van der Waals surface area contributed by atoms with Crippen molar-refractivity contribution in [3.63, 3.8) is 0 Å². The van der Waals surface area contributed by atoms with Crippen LogP contribution < -0.4 is 4.90 Å². The van der Waals surface area contributed by atoms with Gasteiger partial charge in [-0.3, -0.25) is 0 Å². The summed E-state index contributed by atoms with van der Waals surface area (Å²) in [5.41, 5.74) is 13.5. The number of fused-ring (bicyclic) bond motifs is 7. The van der Waals surface area contributed by atoms with E-state index in [1.807, 2.05) is 0 Å². The van der Waals surface area contributed by atoms with Crippen LogP contribution in [0.25, 0.3) is 60.5 Å². The zero-order chi connectivity index (χ0) is 40.9. The molecule has 2 unspecified atom stereocenters. The van der Waals surface area contributed by atoms with Crippen LogP contribution >= 0.6 is 0 Å². The lowest BCUT2D eigenvalue weighted by molar-refractivity contribution is 0.302. The Bertz CT molecular complexity index is 3040. The first-order valence-electron chi connectivity index (χ1n) is 22.2. The number of nitrogens with zero attached hydrogens (tertiary/aromatic N) is 2. The summed E-state index contributed by atoms with van der Waals surface area (Å²) < 4.78 is 2.42. The number of aromatic nitrogens is 1. The van der Waals surface area contributed by atoms with Gasteiger partial charge in [-0.25, -0.2) is 0 Å². The van der Waals surface area contributed by atoms with Crippen LogP contribution in [0.2, 0.25) is 0 Å². The molecule has 0 radical (unpaired) electrons. The van der Waals surface area contributed by atoms with E-state index in [1.54, 1.807) is 0 Å². The highest BCUT2D eigenvalue weighted by atomic mass is 15.1. The standard InChI is InChI=1S/C59H50N2/c1-3-42-37-47-17-14-36-59(40-42,39-41(47)2)54-21-9-13-25-58(54)60(50-35-32-43-15-4-5-16-48(43)38-50)49-33-30-45(31-34-49)44-26-28-46(29-27-44)51-18-6-10-22-55(51)61-56-23-11-7-19-52(56)53-20-8-12-24-57(53)61/h1,4-13,15-16,18-35,38,41-42,47H,14,17,36-37,39-40H2,2H3/t41-,42+,47?,59?/m1/s1. The molecule has 0 spiro atoms. The highest BCUT2D eigenvalue weighted by molar-refractivity contribution is 6.09. The number of terminal acetylenes is 1. The minimum atomic E-state index is 0.0370. The van der Waals surface area contributed by atoms with E-state index in [1.165, 1.54) is 103 Å². The van der Waals surface area contributed by atoms with Gasteiger partial charge in [0.15, 0.2) is 0 Å².